The van der Waals surface area contributed by atoms with Crippen molar-refractivity contribution in [1.29, 1.82) is 0 Å². The summed E-state index contributed by atoms with van der Waals surface area (Å²) in [6.45, 7) is 3.51. The van der Waals surface area contributed by atoms with Crippen LogP contribution in [0, 0.1) is 0 Å². The van der Waals surface area contributed by atoms with Crippen molar-refractivity contribution in [2.45, 2.75) is 32.6 Å². The Hall–Kier alpha value is -1.97. The molecule has 4 nitrogen and oxygen atoms in total. The molecule has 0 fully saturated rings. The molecule has 4 heteroatoms. The molecule has 0 aliphatic rings. The normalized spacial score (nSPS) is 12.6. The SMILES string of the molecule is CC(=O)CCC(C)c1nc2ccccc2n(C)c1=O. The summed E-state index contributed by atoms with van der Waals surface area (Å²) in [5.74, 6) is 0.136. The molecule has 0 radical (unpaired) electrons. The molecule has 19 heavy (non-hydrogen) atoms. The van der Waals surface area contributed by atoms with E-state index in [0.29, 0.717) is 18.5 Å². The van der Waals surface area contributed by atoms with Crippen molar-refractivity contribution in [2.75, 3.05) is 0 Å². The predicted octanol–water partition coefficient (Wildman–Crippen LogP) is 2.41. The molecule has 0 bridgehead atoms. The summed E-state index contributed by atoms with van der Waals surface area (Å²) >= 11 is 0. The van der Waals surface area contributed by atoms with Gasteiger partial charge in [-0.05, 0) is 25.5 Å². The molecule has 100 valence electrons. The standard InChI is InChI=1S/C15H18N2O2/c1-10(8-9-11(2)18)14-15(19)17(3)13-7-5-4-6-12(13)16-14/h4-7,10H,8-9H2,1-3H3. The van der Waals surface area contributed by atoms with Crippen LogP contribution in [0.4, 0.5) is 0 Å². The highest BCUT2D eigenvalue weighted by molar-refractivity contribution is 5.76. The lowest BCUT2D eigenvalue weighted by molar-refractivity contribution is -0.117. The number of aryl methyl sites for hydroxylation is 1. The largest absolute Gasteiger partial charge is 0.308 e. The van der Waals surface area contributed by atoms with E-state index in [-0.39, 0.29) is 17.3 Å². The van der Waals surface area contributed by atoms with Gasteiger partial charge in [0, 0.05) is 19.4 Å². The molecule has 0 spiro atoms. The van der Waals surface area contributed by atoms with Crippen LogP contribution in [0.25, 0.3) is 11.0 Å². The Kier molecular flexibility index (Phi) is 3.79. The number of aromatic nitrogens is 2. The van der Waals surface area contributed by atoms with Gasteiger partial charge >= 0.3 is 0 Å². The van der Waals surface area contributed by atoms with E-state index in [1.54, 1.807) is 18.5 Å². The second-order valence-corrected chi connectivity index (χ2v) is 4.99. The first kappa shape index (κ1) is 13.5. The van der Waals surface area contributed by atoms with E-state index in [0.717, 1.165) is 11.0 Å². The first-order chi connectivity index (χ1) is 9.00. The fourth-order valence-electron chi connectivity index (χ4n) is 2.18. The maximum absolute atomic E-state index is 12.3. The number of hydrogen-bond acceptors (Lipinski definition) is 3. The van der Waals surface area contributed by atoms with Crippen molar-refractivity contribution in [3.8, 4) is 0 Å². The van der Waals surface area contributed by atoms with Gasteiger partial charge in [-0.2, -0.15) is 0 Å². The van der Waals surface area contributed by atoms with E-state index in [4.69, 9.17) is 0 Å². The molecule has 0 aliphatic heterocycles. The zero-order valence-corrected chi connectivity index (χ0v) is 11.5. The topological polar surface area (TPSA) is 52.0 Å². The third-order valence-electron chi connectivity index (χ3n) is 3.40. The van der Waals surface area contributed by atoms with Crippen LogP contribution >= 0.6 is 0 Å². The third-order valence-corrected chi connectivity index (χ3v) is 3.40. The number of benzene rings is 1. The lowest BCUT2D eigenvalue weighted by atomic mass is 10.0. The van der Waals surface area contributed by atoms with Crippen molar-refractivity contribution in [2.24, 2.45) is 7.05 Å². The number of fused-ring (bicyclic) bond motifs is 1. The maximum atomic E-state index is 12.3. The molecular weight excluding hydrogens is 240 g/mol. The average Bonchev–Trinajstić information content (AvgIpc) is 2.40. The molecule has 0 N–H and O–H groups in total. The molecule has 0 saturated carbocycles. The third kappa shape index (κ3) is 2.72. The zero-order chi connectivity index (χ0) is 14.0. The number of ketones is 1. The number of nitrogens with zero attached hydrogens (tertiary/aromatic N) is 2. The lowest BCUT2D eigenvalue weighted by Gasteiger charge is -2.12. The van der Waals surface area contributed by atoms with E-state index in [1.807, 2.05) is 31.2 Å². The lowest BCUT2D eigenvalue weighted by Crippen LogP contribution is -2.25. The minimum Gasteiger partial charge on any atom is -0.308 e. The van der Waals surface area contributed by atoms with Gasteiger partial charge in [-0.15, -0.1) is 0 Å². The Morgan fingerprint density at radius 3 is 2.74 bits per heavy atom. The van der Waals surface area contributed by atoms with E-state index >= 15 is 0 Å². The van der Waals surface area contributed by atoms with Crippen molar-refractivity contribution >= 4 is 16.8 Å². The second kappa shape index (κ2) is 5.34. The number of carbonyl (C=O) groups is 1. The summed E-state index contributed by atoms with van der Waals surface area (Å²) in [5, 5.41) is 0. The fraction of sp³-hybridized carbons (Fsp3) is 0.400. The van der Waals surface area contributed by atoms with E-state index in [9.17, 15) is 9.59 Å². The van der Waals surface area contributed by atoms with Crippen LogP contribution in [-0.4, -0.2) is 15.3 Å². The van der Waals surface area contributed by atoms with Gasteiger partial charge in [-0.3, -0.25) is 4.79 Å². The molecule has 1 heterocycles. The van der Waals surface area contributed by atoms with Gasteiger partial charge in [0.1, 0.15) is 11.5 Å². The smallest absolute Gasteiger partial charge is 0.272 e. The monoisotopic (exact) mass is 258 g/mol. The summed E-state index contributed by atoms with van der Waals surface area (Å²) in [4.78, 5) is 27.8. The van der Waals surface area contributed by atoms with Gasteiger partial charge in [0.05, 0.1) is 11.0 Å². The van der Waals surface area contributed by atoms with E-state index in [1.165, 1.54) is 0 Å². The highest BCUT2D eigenvalue weighted by Gasteiger charge is 2.15. The van der Waals surface area contributed by atoms with Crippen LogP contribution in [0.3, 0.4) is 0 Å². The highest BCUT2D eigenvalue weighted by Crippen LogP contribution is 2.18. The van der Waals surface area contributed by atoms with Gasteiger partial charge < -0.3 is 9.36 Å². The van der Waals surface area contributed by atoms with Crippen LogP contribution < -0.4 is 5.56 Å². The average molecular weight is 258 g/mol. The van der Waals surface area contributed by atoms with Crippen LogP contribution in [0.2, 0.25) is 0 Å². The van der Waals surface area contributed by atoms with Crippen molar-refractivity contribution < 1.29 is 4.79 Å². The van der Waals surface area contributed by atoms with Gasteiger partial charge in [0.25, 0.3) is 5.56 Å². The maximum Gasteiger partial charge on any atom is 0.272 e. The minimum atomic E-state index is -0.0743. The van der Waals surface area contributed by atoms with Gasteiger partial charge in [-0.1, -0.05) is 19.1 Å². The predicted molar refractivity (Wildman–Crippen MR) is 75.3 cm³/mol. The first-order valence-electron chi connectivity index (χ1n) is 6.46. The van der Waals surface area contributed by atoms with Gasteiger partial charge in [0.15, 0.2) is 0 Å². The Balaban J connectivity index is 2.46. The van der Waals surface area contributed by atoms with Crippen LogP contribution in [0.1, 0.15) is 38.3 Å². The van der Waals surface area contributed by atoms with Crippen molar-refractivity contribution in [1.82, 2.24) is 9.55 Å². The summed E-state index contributed by atoms with van der Waals surface area (Å²) in [5.41, 5.74) is 2.11. The molecular formula is C15H18N2O2. The Morgan fingerprint density at radius 1 is 1.37 bits per heavy atom. The minimum absolute atomic E-state index is 0.00722. The van der Waals surface area contributed by atoms with E-state index < -0.39 is 0 Å². The number of Topliss-reactive ketones (excluding diaryl/α,β-unsaturated/α-hetero) is 1. The summed E-state index contributed by atoms with van der Waals surface area (Å²) < 4.78 is 1.63. The molecule has 1 atom stereocenters. The number of para-hydroxylation sites is 2. The molecule has 0 saturated heterocycles. The number of rotatable bonds is 4. The summed E-state index contributed by atoms with van der Waals surface area (Å²) in [6.07, 6.45) is 1.15. The number of carbonyl (C=O) groups excluding carboxylic acids is 1. The Labute approximate surface area is 112 Å². The van der Waals surface area contributed by atoms with Crippen LogP contribution in [0.5, 0.6) is 0 Å². The van der Waals surface area contributed by atoms with E-state index in [2.05, 4.69) is 4.98 Å². The Bertz CT molecular complexity index is 673. The van der Waals surface area contributed by atoms with Gasteiger partial charge in [0.2, 0.25) is 0 Å². The molecule has 1 aromatic heterocycles. The molecule has 0 amide bonds. The van der Waals surface area contributed by atoms with Crippen molar-refractivity contribution in [3.05, 3.63) is 40.3 Å². The highest BCUT2D eigenvalue weighted by atomic mass is 16.1. The molecule has 1 unspecified atom stereocenters. The number of hydrogen-bond donors (Lipinski definition) is 0. The van der Waals surface area contributed by atoms with Crippen LogP contribution in [0.15, 0.2) is 29.1 Å². The second-order valence-electron chi connectivity index (χ2n) is 4.99. The summed E-state index contributed by atoms with van der Waals surface area (Å²) in [7, 11) is 1.76. The van der Waals surface area contributed by atoms with Crippen LogP contribution in [-0.2, 0) is 11.8 Å². The Morgan fingerprint density at radius 2 is 2.05 bits per heavy atom. The fourth-order valence-corrected chi connectivity index (χ4v) is 2.18. The first-order valence-corrected chi connectivity index (χ1v) is 6.46. The van der Waals surface area contributed by atoms with Gasteiger partial charge in [-0.25, -0.2) is 4.98 Å². The van der Waals surface area contributed by atoms with Crippen molar-refractivity contribution in [3.63, 3.8) is 0 Å². The quantitative estimate of drug-likeness (QED) is 0.846. The molecule has 2 aromatic rings. The summed E-state index contributed by atoms with van der Waals surface area (Å²) in [6, 6.07) is 7.58. The molecule has 2 rings (SSSR count). The molecule has 0 aliphatic carbocycles. The zero-order valence-electron chi connectivity index (χ0n) is 11.5. The molecule has 1 aromatic carbocycles.